The standard InChI is InChI=1S/C14H22O3Si/c1-15-9-12-5-2-3-6-14(12)18-8-4-7-16-10-13-11-17-13/h2-3,5-6,13H,4,7-11,18H2,1H3. The van der Waals surface area contributed by atoms with Gasteiger partial charge in [0.15, 0.2) is 0 Å². The van der Waals surface area contributed by atoms with Gasteiger partial charge in [0.2, 0.25) is 0 Å². The molecule has 2 rings (SSSR count). The normalized spacial score (nSPS) is 18.6. The first-order valence-electron chi connectivity index (χ1n) is 6.65. The fraction of sp³-hybridized carbons (Fsp3) is 0.571. The van der Waals surface area contributed by atoms with Gasteiger partial charge >= 0.3 is 0 Å². The summed E-state index contributed by atoms with van der Waals surface area (Å²) in [6.45, 7) is 3.28. The SMILES string of the molecule is COCc1ccccc1[SiH2]CCCOCC1CO1. The first kappa shape index (κ1) is 13.7. The van der Waals surface area contributed by atoms with E-state index in [1.807, 2.05) is 0 Å². The highest BCUT2D eigenvalue weighted by Gasteiger charge is 2.21. The topological polar surface area (TPSA) is 31.0 Å². The molecule has 1 aliphatic heterocycles. The summed E-state index contributed by atoms with van der Waals surface area (Å²) in [5.74, 6) is 0. The highest BCUT2D eigenvalue weighted by atomic mass is 28.2. The summed E-state index contributed by atoms with van der Waals surface area (Å²) in [4.78, 5) is 0. The Bertz CT molecular complexity index is 353. The van der Waals surface area contributed by atoms with Crippen LogP contribution in [0, 0.1) is 0 Å². The van der Waals surface area contributed by atoms with E-state index >= 15 is 0 Å². The number of rotatable bonds is 9. The van der Waals surface area contributed by atoms with Crippen molar-refractivity contribution in [2.24, 2.45) is 0 Å². The maximum atomic E-state index is 5.55. The third-order valence-corrected chi connectivity index (χ3v) is 5.19. The molecular formula is C14H22O3Si. The Morgan fingerprint density at radius 1 is 1.39 bits per heavy atom. The van der Waals surface area contributed by atoms with Crippen molar-refractivity contribution in [3.8, 4) is 0 Å². The van der Waals surface area contributed by atoms with Gasteiger partial charge in [-0.3, -0.25) is 0 Å². The first-order valence-corrected chi connectivity index (χ1v) is 8.36. The minimum absolute atomic E-state index is 0.184. The lowest BCUT2D eigenvalue weighted by Crippen LogP contribution is -2.19. The van der Waals surface area contributed by atoms with Gasteiger partial charge in [-0.2, -0.15) is 0 Å². The number of epoxide rings is 1. The van der Waals surface area contributed by atoms with E-state index in [0.29, 0.717) is 6.10 Å². The molecule has 0 saturated carbocycles. The fourth-order valence-electron chi connectivity index (χ4n) is 2.00. The molecule has 1 saturated heterocycles. The predicted octanol–water partition coefficient (Wildman–Crippen LogP) is 0.851. The van der Waals surface area contributed by atoms with Gasteiger partial charge in [-0.05, 0) is 12.0 Å². The Hall–Kier alpha value is -0.683. The molecule has 1 atom stereocenters. The van der Waals surface area contributed by atoms with E-state index in [0.717, 1.165) is 26.4 Å². The number of hydrogen-bond donors (Lipinski definition) is 0. The lowest BCUT2D eigenvalue weighted by Gasteiger charge is -2.08. The number of methoxy groups -OCH3 is 1. The van der Waals surface area contributed by atoms with Crippen LogP contribution >= 0.6 is 0 Å². The predicted molar refractivity (Wildman–Crippen MR) is 75.3 cm³/mol. The van der Waals surface area contributed by atoms with Crippen molar-refractivity contribution in [2.45, 2.75) is 25.2 Å². The summed E-state index contributed by atoms with van der Waals surface area (Å²) in [5.41, 5.74) is 1.36. The minimum Gasteiger partial charge on any atom is -0.380 e. The van der Waals surface area contributed by atoms with Crippen LogP contribution in [0.2, 0.25) is 6.04 Å². The van der Waals surface area contributed by atoms with E-state index in [2.05, 4.69) is 24.3 Å². The van der Waals surface area contributed by atoms with Gasteiger partial charge in [-0.1, -0.05) is 35.5 Å². The monoisotopic (exact) mass is 266 g/mol. The van der Waals surface area contributed by atoms with Crippen LogP contribution in [-0.4, -0.2) is 42.6 Å². The second-order valence-electron chi connectivity index (χ2n) is 4.69. The molecule has 0 amide bonds. The summed E-state index contributed by atoms with van der Waals surface area (Å²) in [6, 6.07) is 9.94. The lowest BCUT2D eigenvalue weighted by molar-refractivity contribution is 0.117. The minimum atomic E-state index is -0.184. The fourth-order valence-corrected chi connectivity index (χ4v) is 3.68. The molecule has 3 nitrogen and oxygen atoms in total. The van der Waals surface area contributed by atoms with Crippen LogP contribution in [0.3, 0.4) is 0 Å². The molecule has 1 heterocycles. The van der Waals surface area contributed by atoms with Gasteiger partial charge in [0.1, 0.15) is 6.10 Å². The molecule has 0 N–H and O–H groups in total. The van der Waals surface area contributed by atoms with Crippen LogP contribution in [0.1, 0.15) is 12.0 Å². The molecule has 0 radical (unpaired) electrons. The lowest BCUT2D eigenvalue weighted by atomic mass is 10.2. The van der Waals surface area contributed by atoms with E-state index in [4.69, 9.17) is 14.2 Å². The molecule has 0 bridgehead atoms. The third kappa shape index (κ3) is 4.90. The van der Waals surface area contributed by atoms with Crippen LogP contribution in [0.25, 0.3) is 0 Å². The Morgan fingerprint density at radius 3 is 3.00 bits per heavy atom. The quantitative estimate of drug-likeness (QED) is 0.377. The van der Waals surface area contributed by atoms with Crippen molar-refractivity contribution in [3.63, 3.8) is 0 Å². The molecule has 1 aliphatic rings. The summed E-state index contributed by atoms with van der Waals surface area (Å²) >= 11 is 0. The van der Waals surface area contributed by atoms with Crippen LogP contribution < -0.4 is 5.19 Å². The van der Waals surface area contributed by atoms with Crippen molar-refractivity contribution in [1.29, 1.82) is 0 Å². The Kier molecular flexibility index (Phi) is 5.87. The maximum Gasteiger partial charge on any atom is 0.104 e. The zero-order chi connectivity index (χ0) is 12.6. The van der Waals surface area contributed by atoms with Crippen molar-refractivity contribution < 1.29 is 14.2 Å². The molecule has 0 spiro atoms. The molecule has 0 aromatic heterocycles. The van der Waals surface area contributed by atoms with Crippen LogP contribution in [0.4, 0.5) is 0 Å². The molecule has 1 fully saturated rings. The number of benzene rings is 1. The van der Waals surface area contributed by atoms with E-state index < -0.39 is 0 Å². The average Bonchev–Trinajstić information content (AvgIpc) is 3.20. The zero-order valence-electron chi connectivity index (χ0n) is 11.1. The van der Waals surface area contributed by atoms with Gasteiger partial charge < -0.3 is 14.2 Å². The summed E-state index contributed by atoms with van der Waals surface area (Å²) in [6.07, 6.45) is 1.56. The van der Waals surface area contributed by atoms with Crippen molar-refractivity contribution in [1.82, 2.24) is 0 Å². The maximum absolute atomic E-state index is 5.55. The highest BCUT2D eigenvalue weighted by molar-refractivity contribution is 6.53. The molecular weight excluding hydrogens is 244 g/mol. The molecule has 18 heavy (non-hydrogen) atoms. The van der Waals surface area contributed by atoms with Crippen LogP contribution in [0.5, 0.6) is 0 Å². The van der Waals surface area contributed by atoms with Gasteiger partial charge in [0, 0.05) is 13.7 Å². The Morgan fingerprint density at radius 2 is 2.22 bits per heavy atom. The Labute approximate surface area is 111 Å². The molecule has 0 aliphatic carbocycles. The van der Waals surface area contributed by atoms with E-state index in [1.165, 1.54) is 23.2 Å². The van der Waals surface area contributed by atoms with Crippen molar-refractivity contribution in [2.75, 3.05) is 26.9 Å². The first-order chi connectivity index (χ1) is 8.90. The molecule has 4 heteroatoms. The number of hydrogen-bond acceptors (Lipinski definition) is 3. The second kappa shape index (κ2) is 7.69. The van der Waals surface area contributed by atoms with E-state index in [-0.39, 0.29) is 9.52 Å². The summed E-state index contributed by atoms with van der Waals surface area (Å²) in [7, 11) is 1.57. The molecule has 1 aromatic rings. The van der Waals surface area contributed by atoms with Crippen molar-refractivity contribution >= 4 is 14.7 Å². The number of ether oxygens (including phenoxy) is 3. The van der Waals surface area contributed by atoms with E-state index in [9.17, 15) is 0 Å². The van der Waals surface area contributed by atoms with E-state index in [1.54, 1.807) is 7.11 Å². The van der Waals surface area contributed by atoms with Gasteiger partial charge in [0.25, 0.3) is 0 Å². The summed E-state index contributed by atoms with van der Waals surface area (Å²) in [5, 5.41) is 1.53. The second-order valence-corrected chi connectivity index (χ2v) is 6.66. The van der Waals surface area contributed by atoms with Crippen LogP contribution in [0.15, 0.2) is 24.3 Å². The van der Waals surface area contributed by atoms with Gasteiger partial charge in [0.05, 0.1) is 29.3 Å². The average molecular weight is 266 g/mol. The van der Waals surface area contributed by atoms with Crippen LogP contribution in [-0.2, 0) is 20.8 Å². The molecule has 1 unspecified atom stereocenters. The molecule has 1 aromatic carbocycles. The Balaban J connectivity index is 1.62. The smallest absolute Gasteiger partial charge is 0.104 e. The summed E-state index contributed by atoms with van der Waals surface area (Å²) < 4.78 is 15.9. The third-order valence-electron chi connectivity index (χ3n) is 3.11. The van der Waals surface area contributed by atoms with Gasteiger partial charge in [-0.15, -0.1) is 0 Å². The highest BCUT2D eigenvalue weighted by Crippen LogP contribution is 2.08. The largest absolute Gasteiger partial charge is 0.380 e. The zero-order valence-corrected chi connectivity index (χ0v) is 12.5. The molecule has 100 valence electrons. The van der Waals surface area contributed by atoms with Gasteiger partial charge in [-0.25, -0.2) is 0 Å². The van der Waals surface area contributed by atoms with Crippen molar-refractivity contribution in [3.05, 3.63) is 29.8 Å².